The Balaban J connectivity index is 0.00000208. The van der Waals surface area contributed by atoms with Gasteiger partial charge >= 0.3 is 0 Å². The summed E-state index contributed by atoms with van der Waals surface area (Å²) < 4.78 is 5.80. The van der Waals surface area contributed by atoms with Crippen LogP contribution in [-0.2, 0) is 6.61 Å². The molecule has 5 heteroatoms. The Hall–Kier alpha value is -2.04. The lowest BCUT2D eigenvalue weighted by atomic mass is 10.0. The molecule has 0 saturated carbocycles. The van der Waals surface area contributed by atoms with Crippen molar-refractivity contribution in [3.05, 3.63) is 65.7 Å². The van der Waals surface area contributed by atoms with E-state index >= 15 is 0 Å². The van der Waals surface area contributed by atoms with E-state index in [2.05, 4.69) is 0 Å². The maximum atomic E-state index is 12.8. The lowest BCUT2D eigenvalue weighted by Crippen LogP contribution is -2.45. The van der Waals surface area contributed by atoms with E-state index in [1.165, 1.54) is 0 Å². The molecule has 1 unspecified atom stereocenters. The van der Waals surface area contributed by atoms with Gasteiger partial charge in [-0.25, -0.2) is 0 Å². The fourth-order valence-electron chi connectivity index (χ4n) is 2.90. The molecule has 1 heterocycles. The van der Waals surface area contributed by atoms with Crippen molar-refractivity contribution >= 4 is 18.3 Å². The Bertz CT molecular complexity index is 663. The number of nitrogens with two attached hydrogens (primary N) is 1. The van der Waals surface area contributed by atoms with Gasteiger partial charge in [-0.05, 0) is 31.0 Å². The Morgan fingerprint density at radius 2 is 1.83 bits per heavy atom. The molecule has 4 nitrogen and oxygen atoms in total. The minimum absolute atomic E-state index is 0. The second kappa shape index (κ2) is 8.71. The number of halogens is 1. The summed E-state index contributed by atoms with van der Waals surface area (Å²) in [4.78, 5) is 14.6. The molecule has 2 aromatic carbocycles. The fourth-order valence-corrected chi connectivity index (χ4v) is 2.90. The number of likely N-dealkylation sites (tertiary alicyclic amines) is 1. The van der Waals surface area contributed by atoms with Gasteiger partial charge < -0.3 is 15.4 Å². The lowest BCUT2D eigenvalue weighted by molar-refractivity contribution is 0.0706. The summed E-state index contributed by atoms with van der Waals surface area (Å²) in [5, 5.41) is 0. The van der Waals surface area contributed by atoms with Gasteiger partial charge in [-0.2, -0.15) is 0 Å². The van der Waals surface area contributed by atoms with Gasteiger partial charge in [-0.1, -0.05) is 36.4 Å². The maximum absolute atomic E-state index is 12.8. The molecule has 2 N–H and O–H groups in total. The van der Waals surface area contributed by atoms with Crippen LogP contribution in [0.3, 0.4) is 0 Å². The minimum atomic E-state index is 0. The normalized spacial score (nSPS) is 17.0. The molecule has 3 rings (SSSR count). The molecule has 1 aliphatic rings. The number of ether oxygens (including phenoxy) is 1. The summed E-state index contributed by atoms with van der Waals surface area (Å²) >= 11 is 0. The first-order valence-electron chi connectivity index (χ1n) is 8.04. The fraction of sp³-hybridized carbons (Fsp3) is 0.316. The number of nitrogens with zero attached hydrogens (tertiary/aromatic N) is 1. The summed E-state index contributed by atoms with van der Waals surface area (Å²) in [6, 6.07) is 17.4. The number of hydrogen-bond acceptors (Lipinski definition) is 3. The molecule has 128 valence electrons. The largest absolute Gasteiger partial charge is 0.489 e. The number of hydrogen-bond donors (Lipinski definition) is 1. The molecule has 0 aromatic heterocycles. The van der Waals surface area contributed by atoms with Gasteiger partial charge in [0.1, 0.15) is 12.4 Å². The molecule has 0 radical (unpaired) electrons. The summed E-state index contributed by atoms with van der Waals surface area (Å²) in [6.45, 7) is 1.79. The third kappa shape index (κ3) is 4.49. The quantitative estimate of drug-likeness (QED) is 0.924. The van der Waals surface area contributed by atoms with Crippen molar-refractivity contribution in [1.29, 1.82) is 0 Å². The van der Waals surface area contributed by atoms with E-state index in [9.17, 15) is 4.79 Å². The number of para-hydroxylation sites is 1. The average molecular weight is 347 g/mol. The van der Waals surface area contributed by atoms with Crippen molar-refractivity contribution in [3.8, 4) is 5.75 Å². The molecule has 2 aromatic rings. The Morgan fingerprint density at radius 3 is 2.58 bits per heavy atom. The summed E-state index contributed by atoms with van der Waals surface area (Å²) in [7, 11) is 0. The number of carbonyl (C=O) groups excluding carboxylic acids is 1. The topological polar surface area (TPSA) is 55.6 Å². The van der Waals surface area contributed by atoms with Crippen LogP contribution in [0.15, 0.2) is 54.6 Å². The van der Waals surface area contributed by atoms with Crippen molar-refractivity contribution in [2.45, 2.75) is 25.5 Å². The Morgan fingerprint density at radius 1 is 1.12 bits per heavy atom. The zero-order valence-electron chi connectivity index (χ0n) is 13.6. The van der Waals surface area contributed by atoms with Crippen LogP contribution in [0.1, 0.15) is 28.8 Å². The zero-order chi connectivity index (χ0) is 16.1. The molecule has 1 atom stereocenters. The minimum Gasteiger partial charge on any atom is -0.489 e. The molecule has 0 bridgehead atoms. The van der Waals surface area contributed by atoms with Gasteiger partial charge in [0, 0.05) is 30.3 Å². The van der Waals surface area contributed by atoms with E-state index < -0.39 is 0 Å². The first kappa shape index (κ1) is 18.3. The number of carbonyl (C=O) groups is 1. The third-order valence-electron chi connectivity index (χ3n) is 4.13. The maximum Gasteiger partial charge on any atom is 0.254 e. The molecular formula is C19H23ClN2O2. The van der Waals surface area contributed by atoms with Gasteiger partial charge in [0.15, 0.2) is 0 Å². The van der Waals surface area contributed by atoms with Crippen LogP contribution in [0.4, 0.5) is 0 Å². The van der Waals surface area contributed by atoms with Crippen LogP contribution in [0.2, 0.25) is 0 Å². The standard InChI is InChI=1S/C19H22N2O2.ClH/c20-16-8-6-12-21(13-16)19(22)18-11-5-4-7-15(18)14-23-17-9-2-1-3-10-17;/h1-5,7,9-11,16H,6,8,12-14,20H2;1H. The average Bonchev–Trinajstić information content (AvgIpc) is 2.60. The highest BCUT2D eigenvalue weighted by molar-refractivity contribution is 5.95. The summed E-state index contributed by atoms with van der Waals surface area (Å²) in [6.07, 6.45) is 1.96. The van der Waals surface area contributed by atoms with Gasteiger partial charge in [0.05, 0.1) is 0 Å². The van der Waals surface area contributed by atoms with Gasteiger partial charge in [0.2, 0.25) is 0 Å². The third-order valence-corrected chi connectivity index (χ3v) is 4.13. The molecule has 24 heavy (non-hydrogen) atoms. The van der Waals surface area contributed by atoms with Crippen molar-refractivity contribution < 1.29 is 9.53 Å². The van der Waals surface area contributed by atoms with E-state index in [1.807, 2.05) is 59.5 Å². The van der Waals surface area contributed by atoms with Crippen LogP contribution in [-0.4, -0.2) is 29.9 Å². The monoisotopic (exact) mass is 346 g/mol. The van der Waals surface area contributed by atoms with E-state index in [0.717, 1.165) is 30.7 Å². The van der Waals surface area contributed by atoms with Crippen LogP contribution in [0.25, 0.3) is 0 Å². The molecule has 1 aliphatic heterocycles. The Labute approximate surface area is 149 Å². The van der Waals surface area contributed by atoms with Crippen molar-refractivity contribution in [1.82, 2.24) is 4.90 Å². The second-order valence-corrected chi connectivity index (χ2v) is 5.91. The predicted molar refractivity (Wildman–Crippen MR) is 97.6 cm³/mol. The van der Waals surface area contributed by atoms with Gasteiger partial charge in [-0.3, -0.25) is 4.79 Å². The summed E-state index contributed by atoms with van der Waals surface area (Å²) in [5.74, 6) is 0.849. The number of piperidine rings is 1. The lowest BCUT2D eigenvalue weighted by Gasteiger charge is -2.31. The van der Waals surface area contributed by atoms with Crippen LogP contribution in [0, 0.1) is 0 Å². The van der Waals surface area contributed by atoms with Gasteiger partial charge in [0.25, 0.3) is 5.91 Å². The SMILES string of the molecule is Cl.NC1CCCN(C(=O)c2ccccc2COc2ccccc2)C1. The van der Waals surface area contributed by atoms with Crippen LogP contribution in [0.5, 0.6) is 5.75 Å². The number of benzene rings is 2. The Kier molecular flexibility index (Phi) is 6.64. The van der Waals surface area contributed by atoms with Crippen LogP contribution < -0.4 is 10.5 Å². The highest BCUT2D eigenvalue weighted by atomic mass is 35.5. The highest BCUT2D eigenvalue weighted by Crippen LogP contribution is 2.18. The molecule has 0 spiro atoms. The van der Waals surface area contributed by atoms with Crippen LogP contribution >= 0.6 is 12.4 Å². The molecule has 1 amide bonds. The van der Waals surface area contributed by atoms with E-state index in [1.54, 1.807) is 0 Å². The highest BCUT2D eigenvalue weighted by Gasteiger charge is 2.23. The molecule has 0 aliphatic carbocycles. The number of amides is 1. The molecule has 1 fully saturated rings. The van der Waals surface area contributed by atoms with Gasteiger partial charge in [-0.15, -0.1) is 12.4 Å². The van der Waals surface area contributed by atoms with E-state index in [-0.39, 0.29) is 24.4 Å². The first-order chi connectivity index (χ1) is 11.2. The molecular weight excluding hydrogens is 324 g/mol. The van der Waals surface area contributed by atoms with Crippen molar-refractivity contribution in [2.75, 3.05) is 13.1 Å². The molecule has 1 saturated heterocycles. The number of rotatable bonds is 4. The summed E-state index contributed by atoms with van der Waals surface area (Å²) in [5.41, 5.74) is 7.60. The zero-order valence-corrected chi connectivity index (χ0v) is 14.4. The second-order valence-electron chi connectivity index (χ2n) is 5.91. The van der Waals surface area contributed by atoms with E-state index in [4.69, 9.17) is 10.5 Å². The van der Waals surface area contributed by atoms with Crippen molar-refractivity contribution in [3.63, 3.8) is 0 Å². The van der Waals surface area contributed by atoms with Crippen molar-refractivity contribution in [2.24, 2.45) is 5.73 Å². The van der Waals surface area contributed by atoms with E-state index in [0.29, 0.717) is 18.7 Å². The first-order valence-corrected chi connectivity index (χ1v) is 8.04. The smallest absolute Gasteiger partial charge is 0.254 e. The predicted octanol–water partition coefficient (Wildman–Crippen LogP) is 3.25.